The van der Waals surface area contributed by atoms with Crippen molar-refractivity contribution in [2.45, 2.75) is 47.1 Å². The molecule has 0 unspecified atom stereocenters. The third kappa shape index (κ3) is 7.53. The molecule has 0 aromatic carbocycles. The van der Waals surface area contributed by atoms with Crippen LogP contribution >= 0.6 is 0 Å². The third-order valence-electron chi connectivity index (χ3n) is 3.46. The lowest BCUT2D eigenvalue weighted by atomic mass is 9.92. The fourth-order valence-electron chi connectivity index (χ4n) is 2.24. The highest BCUT2D eigenvalue weighted by atomic mass is 16.2. The largest absolute Gasteiger partial charge is 0.353 e. The highest BCUT2D eigenvalue weighted by Crippen LogP contribution is 2.19. The van der Waals surface area contributed by atoms with E-state index in [0.29, 0.717) is 12.0 Å². The van der Waals surface area contributed by atoms with Crippen molar-refractivity contribution in [3.8, 4) is 0 Å². The molecule has 112 valence electrons. The number of nitrogens with one attached hydrogen (secondary N) is 1. The first-order chi connectivity index (χ1) is 8.76. The van der Waals surface area contributed by atoms with Gasteiger partial charge in [-0.3, -0.25) is 9.69 Å². The Morgan fingerprint density at radius 1 is 1.11 bits per heavy atom. The maximum absolute atomic E-state index is 11.7. The van der Waals surface area contributed by atoms with Crippen molar-refractivity contribution in [3.05, 3.63) is 0 Å². The van der Waals surface area contributed by atoms with Crippen LogP contribution in [-0.4, -0.2) is 61.0 Å². The van der Waals surface area contributed by atoms with Crippen molar-refractivity contribution >= 4 is 5.91 Å². The number of carbonyl (C=O) groups excluding carboxylic acids is 1. The van der Waals surface area contributed by atoms with Crippen LogP contribution in [0.3, 0.4) is 0 Å². The van der Waals surface area contributed by atoms with Crippen LogP contribution < -0.4 is 5.32 Å². The van der Waals surface area contributed by atoms with Gasteiger partial charge in [-0.15, -0.1) is 0 Å². The molecule has 0 bridgehead atoms. The fourth-order valence-corrected chi connectivity index (χ4v) is 2.24. The van der Waals surface area contributed by atoms with E-state index >= 15 is 0 Å². The van der Waals surface area contributed by atoms with Gasteiger partial charge < -0.3 is 10.2 Å². The molecule has 4 heteroatoms. The van der Waals surface area contributed by atoms with E-state index < -0.39 is 0 Å². The fraction of sp³-hybridized carbons (Fsp3) is 0.933. The zero-order valence-corrected chi connectivity index (χ0v) is 13.3. The normalized spacial score (nSPS) is 18.8. The second-order valence-electron chi connectivity index (χ2n) is 7.15. The van der Waals surface area contributed by atoms with Crippen molar-refractivity contribution in [2.75, 3.05) is 39.3 Å². The third-order valence-corrected chi connectivity index (χ3v) is 3.46. The molecule has 0 aromatic heterocycles. The van der Waals surface area contributed by atoms with Crippen LogP contribution in [0, 0.1) is 5.41 Å². The van der Waals surface area contributed by atoms with E-state index in [1.54, 1.807) is 0 Å². The van der Waals surface area contributed by atoms with Gasteiger partial charge in [-0.1, -0.05) is 20.8 Å². The molecule has 0 aliphatic carbocycles. The molecule has 1 fully saturated rings. The number of nitrogens with zero attached hydrogens (tertiary/aromatic N) is 2. The molecule has 19 heavy (non-hydrogen) atoms. The van der Waals surface area contributed by atoms with Crippen LogP contribution in [0.4, 0.5) is 0 Å². The molecular formula is C15H31N3O. The van der Waals surface area contributed by atoms with Crippen LogP contribution in [0.5, 0.6) is 0 Å². The summed E-state index contributed by atoms with van der Waals surface area (Å²) >= 11 is 0. The number of piperazine rings is 1. The Morgan fingerprint density at radius 3 is 2.11 bits per heavy atom. The maximum Gasteiger partial charge on any atom is 0.234 e. The Morgan fingerprint density at radius 2 is 1.63 bits per heavy atom. The van der Waals surface area contributed by atoms with Gasteiger partial charge in [0, 0.05) is 32.2 Å². The van der Waals surface area contributed by atoms with E-state index in [9.17, 15) is 4.79 Å². The Bertz CT molecular complexity index is 276. The van der Waals surface area contributed by atoms with E-state index in [2.05, 4.69) is 35.9 Å². The lowest BCUT2D eigenvalue weighted by Gasteiger charge is -2.35. The lowest BCUT2D eigenvalue weighted by molar-refractivity contribution is -0.123. The number of rotatable bonds is 5. The molecule has 1 aliphatic rings. The van der Waals surface area contributed by atoms with Crippen molar-refractivity contribution < 1.29 is 4.79 Å². The first-order valence-corrected chi connectivity index (χ1v) is 7.50. The topological polar surface area (TPSA) is 35.6 Å². The molecule has 0 atom stereocenters. The number of hydrogen-bond acceptors (Lipinski definition) is 3. The van der Waals surface area contributed by atoms with Crippen LogP contribution in [0.1, 0.15) is 41.0 Å². The van der Waals surface area contributed by atoms with E-state index in [0.717, 1.165) is 26.2 Å². The summed E-state index contributed by atoms with van der Waals surface area (Å²) < 4.78 is 0. The summed E-state index contributed by atoms with van der Waals surface area (Å²) in [5.74, 6) is 0.151. The second kappa shape index (κ2) is 7.25. The molecule has 1 aliphatic heterocycles. The molecule has 0 spiro atoms. The lowest BCUT2D eigenvalue weighted by Crippen LogP contribution is -2.50. The first-order valence-electron chi connectivity index (χ1n) is 7.50. The van der Waals surface area contributed by atoms with Crippen LogP contribution in [0.2, 0.25) is 0 Å². The van der Waals surface area contributed by atoms with Crippen LogP contribution in [0.15, 0.2) is 0 Å². The molecule has 1 heterocycles. The monoisotopic (exact) mass is 269 g/mol. The smallest absolute Gasteiger partial charge is 0.234 e. The molecule has 0 aromatic rings. The van der Waals surface area contributed by atoms with Crippen molar-refractivity contribution in [2.24, 2.45) is 5.41 Å². The van der Waals surface area contributed by atoms with E-state index in [1.165, 1.54) is 13.0 Å². The summed E-state index contributed by atoms with van der Waals surface area (Å²) in [6, 6.07) is 0.237. The van der Waals surface area contributed by atoms with Crippen molar-refractivity contribution in [3.63, 3.8) is 0 Å². The number of hydrogen-bond donors (Lipinski definition) is 1. The summed E-state index contributed by atoms with van der Waals surface area (Å²) in [4.78, 5) is 16.5. The van der Waals surface area contributed by atoms with Gasteiger partial charge in [-0.05, 0) is 32.2 Å². The minimum Gasteiger partial charge on any atom is -0.353 e. The molecule has 0 radical (unpaired) electrons. The minimum atomic E-state index is 0.151. The average Bonchev–Trinajstić information content (AvgIpc) is 2.26. The summed E-state index contributed by atoms with van der Waals surface area (Å²) in [6.07, 6.45) is 1.24. The SMILES string of the molecule is CC(C)NC(=O)CN1CCN(CCC(C)(C)C)CC1. The maximum atomic E-state index is 11.7. The van der Waals surface area contributed by atoms with Crippen LogP contribution in [-0.2, 0) is 4.79 Å². The highest BCUT2D eigenvalue weighted by molar-refractivity contribution is 5.78. The molecule has 4 nitrogen and oxygen atoms in total. The summed E-state index contributed by atoms with van der Waals surface area (Å²) in [7, 11) is 0. The summed E-state index contributed by atoms with van der Waals surface area (Å²) in [6.45, 7) is 16.8. The van der Waals surface area contributed by atoms with Gasteiger partial charge in [0.05, 0.1) is 6.54 Å². The van der Waals surface area contributed by atoms with Gasteiger partial charge in [0.15, 0.2) is 0 Å². The van der Waals surface area contributed by atoms with E-state index in [4.69, 9.17) is 0 Å². The van der Waals surface area contributed by atoms with E-state index in [-0.39, 0.29) is 11.9 Å². The van der Waals surface area contributed by atoms with Gasteiger partial charge in [-0.2, -0.15) is 0 Å². The Labute approximate surface area is 118 Å². The van der Waals surface area contributed by atoms with Crippen molar-refractivity contribution in [1.29, 1.82) is 0 Å². The van der Waals surface area contributed by atoms with Gasteiger partial charge >= 0.3 is 0 Å². The number of carbonyl (C=O) groups is 1. The van der Waals surface area contributed by atoms with Crippen molar-refractivity contribution in [1.82, 2.24) is 15.1 Å². The van der Waals surface area contributed by atoms with Gasteiger partial charge in [-0.25, -0.2) is 0 Å². The van der Waals surface area contributed by atoms with Gasteiger partial charge in [0.2, 0.25) is 5.91 Å². The number of amides is 1. The van der Waals surface area contributed by atoms with Gasteiger partial charge in [0.1, 0.15) is 0 Å². The Balaban J connectivity index is 2.20. The van der Waals surface area contributed by atoms with E-state index in [1.807, 2.05) is 13.8 Å². The highest BCUT2D eigenvalue weighted by Gasteiger charge is 2.20. The summed E-state index contributed by atoms with van der Waals surface area (Å²) in [5.41, 5.74) is 0.411. The zero-order valence-electron chi connectivity index (χ0n) is 13.3. The molecular weight excluding hydrogens is 238 g/mol. The molecule has 1 N–H and O–H groups in total. The molecule has 1 saturated heterocycles. The Kier molecular flexibility index (Phi) is 6.27. The Hall–Kier alpha value is -0.610. The van der Waals surface area contributed by atoms with Gasteiger partial charge in [0.25, 0.3) is 0 Å². The molecule has 1 rings (SSSR count). The first kappa shape index (κ1) is 16.4. The molecule has 1 amide bonds. The molecule has 0 saturated carbocycles. The predicted molar refractivity (Wildman–Crippen MR) is 80.2 cm³/mol. The minimum absolute atomic E-state index is 0.151. The standard InChI is InChI=1S/C15H31N3O/c1-13(2)16-14(19)12-18-10-8-17(9-11-18)7-6-15(3,4)5/h13H,6-12H2,1-5H3,(H,16,19). The quantitative estimate of drug-likeness (QED) is 0.823. The second-order valence-corrected chi connectivity index (χ2v) is 7.15. The predicted octanol–water partition coefficient (Wildman–Crippen LogP) is 1.56. The van der Waals surface area contributed by atoms with Crippen LogP contribution in [0.25, 0.3) is 0 Å². The summed E-state index contributed by atoms with van der Waals surface area (Å²) in [5, 5.41) is 2.95. The zero-order chi connectivity index (χ0) is 14.5. The average molecular weight is 269 g/mol.